The van der Waals surface area contributed by atoms with Crippen LogP contribution in [0.25, 0.3) is 0 Å². The van der Waals surface area contributed by atoms with Gasteiger partial charge in [-0.3, -0.25) is 4.79 Å². The predicted octanol–water partition coefficient (Wildman–Crippen LogP) is 0.612. The van der Waals surface area contributed by atoms with Crippen molar-refractivity contribution in [2.75, 3.05) is 18.1 Å². The summed E-state index contributed by atoms with van der Waals surface area (Å²) in [6.07, 6.45) is 1.27. The SMILES string of the molecule is O=C1COc2ccccc2N1CCn1cnc([N+](=O)[O-])n1. The molecule has 0 saturated heterocycles. The van der Waals surface area contributed by atoms with E-state index in [0.29, 0.717) is 24.5 Å². The summed E-state index contributed by atoms with van der Waals surface area (Å²) in [5.74, 6) is 0.0219. The van der Waals surface area contributed by atoms with Crippen LogP contribution in [0.15, 0.2) is 30.6 Å². The highest BCUT2D eigenvalue weighted by atomic mass is 16.6. The molecule has 0 saturated carbocycles. The summed E-state index contributed by atoms with van der Waals surface area (Å²) in [4.78, 5) is 26.9. The summed E-state index contributed by atoms with van der Waals surface area (Å²) in [5, 5.41) is 14.2. The standard InChI is InChI=1S/C12H11N5O4/c18-11-7-21-10-4-2-1-3-9(10)16(11)6-5-15-8-13-12(14-15)17(19)20/h1-4,8H,5-7H2. The van der Waals surface area contributed by atoms with Crippen molar-refractivity contribution < 1.29 is 14.5 Å². The number of ether oxygens (including phenoxy) is 1. The highest BCUT2D eigenvalue weighted by molar-refractivity contribution is 5.97. The van der Waals surface area contributed by atoms with Crippen molar-refractivity contribution >= 4 is 17.5 Å². The van der Waals surface area contributed by atoms with E-state index in [1.54, 1.807) is 17.0 Å². The third kappa shape index (κ3) is 2.53. The Labute approximate surface area is 118 Å². The van der Waals surface area contributed by atoms with Crippen molar-refractivity contribution in [3.8, 4) is 5.75 Å². The van der Waals surface area contributed by atoms with Crippen LogP contribution in [0.5, 0.6) is 5.75 Å². The van der Waals surface area contributed by atoms with Crippen LogP contribution in [0, 0.1) is 10.1 Å². The first-order valence-electron chi connectivity index (χ1n) is 6.21. The van der Waals surface area contributed by atoms with E-state index < -0.39 is 10.9 Å². The average molecular weight is 289 g/mol. The molecule has 1 aliphatic heterocycles. The molecule has 1 amide bonds. The number of hydrogen-bond donors (Lipinski definition) is 0. The molecular weight excluding hydrogens is 278 g/mol. The summed E-state index contributed by atoms with van der Waals surface area (Å²) in [6.45, 7) is 0.620. The van der Waals surface area contributed by atoms with E-state index in [1.807, 2.05) is 12.1 Å². The van der Waals surface area contributed by atoms with Gasteiger partial charge in [0.15, 0.2) is 6.61 Å². The number of carbonyl (C=O) groups is 1. The lowest BCUT2D eigenvalue weighted by Gasteiger charge is -2.28. The van der Waals surface area contributed by atoms with Crippen LogP contribution in [-0.2, 0) is 11.3 Å². The Kier molecular flexibility index (Phi) is 3.22. The number of aromatic nitrogens is 3. The maximum absolute atomic E-state index is 11.9. The average Bonchev–Trinajstić information content (AvgIpc) is 2.95. The van der Waals surface area contributed by atoms with E-state index in [9.17, 15) is 14.9 Å². The number of amides is 1. The molecule has 0 bridgehead atoms. The molecule has 0 fully saturated rings. The molecule has 0 atom stereocenters. The maximum Gasteiger partial charge on any atom is 0.490 e. The van der Waals surface area contributed by atoms with Gasteiger partial charge in [-0.15, -0.1) is 0 Å². The van der Waals surface area contributed by atoms with E-state index in [0.717, 1.165) is 0 Å². The monoisotopic (exact) mass is 289 g/mol. The first kappa shape index (κ1) is 13.0. The Bertz CT molecular complexity index is 698. The van der Waals surface area contributed by atoms with Crippen molar-refractivity contribution in [3.63, 3.8) is 0 Å². The highest BCUT2D eigenvalue weighted by Gasteiger charge is 2.25. The van der Waals surface area contributed by atoms with Gasteiger partial charge in [0.25, 0.3) is 5.91 Å². The summed E-state index contributed by atoms with van der Waals surface area (Å²) in [6, 6.07) is 7.22. The number of nitro groups is 1. The third-order valence-corrected chi connectivity index (χ3v) is 3.05. The normalized spacial score (nSPS) is 13.7. The van der Waals surface area contributed by atoms with E-state index >= 15 is 0 Å². The molecule has 0 N–H and O–H groups in total. The van der Waals surface area contributed by atoms with E-state index in [2.05, 4.69) is 10.1 Å². The molecule has 1 aliphatic rings. The van der Waals surface area contributed by atoms with Crippen molar-refractivity contribution in [1.82, 2.24) is 14.8 Å². The maximum atomic E-state index is 11.9. The molecule has 2 aromatic rings. The molecule has 1 aromatic heterocycles. The molecule has 0 radical (unpaired) electrons. The first-order chi connectivity index (χ1) is 10.1. The number of anilines is 1. The Balaban J connectivity index is 1.75. The summed E-state index contributed by atoms with van der Waals surface area (Å²) in [7, 11) is 0. The highest BCUT2D eigenvalue weighted by Crippen LogP contribution is 2.31. The van der Waals surface area contributed by atoms with Gasteiger partial charge in [0, 0.05) is 11.6 Å². The second kappa shape index (κ2) is 5.19. The zero-order valence-electron chi connectivity index (χ0n) is 10.9. The topological polar surface area (TPSA) is 103 Å². The Morgan fingerprint density at radius 3 is 2.90 bits per heavy atom. The second-order valence-electron chi connectivity index (χ2n) is 4.37. The molecular formula is C12H11N5O4. The van der Waals surface area contributed by atoms with Gasteiger partial charge in [-0.25, -0.2) is 0 Å². The van der Waals surface area contributed by atoms with Crippen LogP contribution < -0.4 is 9.64 Å². The zero-order valence-corrected chi connectivity index (χ0v) is 10.9. The molecule has 0 spiro atoms. The molecule has 21 heavy (non-hydrogen) atoms. The minimum atomic E-state index is -0.661. The molecule has 1 aromatic carbocycles. The minimum absolute atomic E-state index is 0.0193. The van der Waals surface area contributed by atoms with Crippen molar-refractivity contribution in [2.24, 2.45) is 0 Å². The van der Waals surface area contributed by atoms with Gasteiger partial charge in [0.05, 0.1) is 12.2 Å². The van der Waals surface area contributed by atoms with Crippen LogP contribution in [-0.4, -0.2) is 38.7 Å². The number of carbonyl (C=O) groups excluding carboxylic acids is 1. The Hall–Kier alpha value is -2.97. The molecule has 9 heteroatoms. The molecule has 3 rings (SSSR count). The first-order valence-corrected chi connectivity index (χ1v) is 6.21. The van der Waals surface area contributed by atoms with E-state index in [4.69, 9.17) is 4.74 Å². The smallest absolute Gasteiger partial charge is 0.482 e. The van der Waals surface area contributed by atoms with Gasteiger partial charge < -0.3 is 19.8 Å². The number of para-hydroxylation sites is 2. The molecule has 0 aliphatic carbocycles. The fourth-order valence-corrected chi connectivity index (χ4v) is 2.08. The van der Waals surface area contributed by atoms with Crippen LogP contribution in [0.2, 0.25) is 0 Å². The van der Waals surface area contributed by atoms with Crippen LogP contribution in [0.1, 0.15) is 0 Å². The van der Waals surface area contributed by atoms with Gasteiger partial charge in [-0.1, -0.05) is 17.1 Å². The summed E-state index contributed by atoms with van der Waals surface area (Å²) in [5.41, 5.74) is 0.684. The fraction of sp³-hybridized carbons (Fsp3) is 0.250. The van der Waals surface area contributed by atoms with E-state index in [-0.39, 0.29) is 12.5 Å². The van der Waals surface area contributed by atoms with Gasteiger partial charge in [-0.2, -0.15) is 4.68 Å². The van der Waals surface area contributed by atoms with E-state index in [1.165, 1.54) is 11.0 Å². The number of benzene rings is 1. The minimum Gasteiger partial charge on any atom is -0.482 e. The molecule has 2 heterocycles. The van der Waals surface area contributed by atoms with Crippen LogP contribution in [0.4, 0.5) is 11.6 Å². The Morgan fingerprint density at radius 2 is 2.14 bits per heavy atom. The van der Waals surface area contributed by atoms with Crippen LogP contribution >= 0.6 is 0 Å². The van der Waals surface area contributed by atoms with Gasteiger partial charge in [-0.05, 0) is 17.1 Å². The Morgan fingerprint density at radius 1 is 1.33 bits per heavy atom. The lowest BCUT2D eigenvalue weighted by molar-refractivity contribution is -0.394. The number of fused-ring (bicyclic) bond motifs is 1. The summed E-state index contributed by atoms with van der Waals surface area (Å²) < 4.78 is 6.68. The van der Waals surface area contributed by atoms with Gasteiger partial charge in [0.2, 0.25) is 6.33 Å². The van der Waals surface area contributed by atoms with Gasteiger partial charge in [0.1, 0.15) is 5.75 Å². The molecule has 0 unspecified atom stereocenters. The number of nitrogens with zero attached hydrogens (tertiary/aromatic N) is 5. The lowest BCUT2D eigenvalue weighted by atomic mass is 10.2. The fourth-order valence-electron chi connectivity index (χ4n) is 2.08. The largest absolute Gasteiger partial charge is 0.490 e. The van der Waals surface area contributed by atoms with Crippen molar-refractivity contribution in [3.05, 3.63) is 40.7 Å². The van der Waals surface area contributed by atoms with Crippen molar-refractivity contribution in [1.29, 1.82) is 0 Å². The third-order valence-electron chi connectivity index (χ3n) is 3.05. The molecule has 9 nitrogen and oxygen atoms in total. The second-order valence-corrected chi connectivity index (χ2v) is 4.37. The van der Waals surface area contributed by atoms with Crippen molar-refractivity contribution in [2.45, 2.75) is 6.54 Å². The van der Waals surface area contributed by atoms with Crippen LogP contribution in [0.3, 0.4) is 0 Å². The molecule has 108 valence electrons. The quantitative estimate of drug-likeness (QED) is 0.603. The van der Waals surface area contributed by atoms with Gasteiger partial charge >= 0.3 is 5.95 Å². The number of rotatable bonds is 4. The zero-order chi connectivity index (χ0) is 14.8. The number of hydrogen-bond acceptors (Lipinski definition) is 6. The predicted molar refractivity (Wildman–Crippen MR) is 71.0 cm³/mol. The summed E-state index contributed by atoms with van der Waals surface area (Å²) >= 11 is 0. The lowest BCUT2D eigenvalue weighted by Crippen LogP contribution is -2.40.